The Bertz CT molecular complexity index is 180. The van der Waals surface area contributed by atoms with E-state index in [2.05, 4.69) is 25.7 Å². The molecule has 21 heavy (non-hydrogen) atoms. The number of hydrogen-bond acceptors (Lipinski definition) is 2. The van der Waals surface area contributed by atoms with Crippen LogP contribution in [0.3, 0.4) is 0 Å². The van der Waals surface area contributed by atoms with E-state index in [9.17, 15) is 0 Å². The Labute approximate surface area is 134 Å². The molecular formula is C19H41NO. The minimum atomic E-state index is 0.957. The summed E-state index contributed by atoms with van der Waals surface area (Å²) in [5, 5.41) is 0. The van der Waals surface area contributed by atoms with Crippen LogP contribution >= 0.6 is 0 Å². The third-order valence-electron chi connectivity index (χ3n) is 4.30. The molecule has 0 saturated heterocycles. The highest BCUT2D eigenvalue weighted by molar-refractivity contribution is 4.52. The van der Waals surface area contributed by atoms with Crippen LogP contribution in [0, 0.1) is 0 Å². The Morgan fingerprint density at radius 3 is 1.57 bits per heavy atom. The van der Waals surface area contributed by atoms with Gasteiger partial charge in [0.1, 0.15) is 0 Å². The first-order chi connectivity index (χ1) is 10.3. The van der Waals surface area contributed by atoms with Crippen LogP contribution in [0.25, 0.3) is 0 Å². The predicted octanol–water partition coefficient (Wildman–Crippen LogP) is 5.66. The largest absolute Gasteiger partial charge is 0.381 e. The van der Waals surface area contributed by atoms with Crippen LogP contribution < -0.4 is 0 Å². The molecule has 0 radical (unpaired) electrons. The number of unbranched alkanes of at least 4 members (excludes halogenated alkanes) is 9. The molecule has 0 aromatic rings. The molecule has 128 valence electrons. The molecule has 2 nitrogen and oxygen atoms in total. The van der Waals surface area contributed by atoms with Crippen LogP contribution in [0.1, 0.15) is 91.4 Å². The molecule has 0 rings (SSSR count). The van der Waals surface area contributed by atoms with Gasteiger partial charge in [0.2, 0.25) is 0 Å². The first-order valence-corrected chi connectivity index (χ1v) is 9.65. The molecular weight excluding hydrogens is 258 g/mol. The minimum absolute atomic E-state index is 0.957. The molecule has 0 fully saturated rings. The van der Waals surface area contributed by atoms with Gasteiger partial charge in [-0.25, -0.2) is 0 Å². The van der Waals surface area contributed by atoms with Crippen molar-refractivity contribution >= 4 is 0 Å². The molecule has 0 N–H and O–H groups in total. The lowest BCUT2D eigenvalue weighted by molar-refractivity contribution is 0.123. The van der Waals surface area contributed by atoms with Gasteiger partial charge in [-0.15, -0.1) is 0 Å². The molecule has 0 spiro atoms. The van der Waals surface area contributed by atoms with Gasteiger partial charge in [-0.2, -0.15) is 0 Å². The molecule has 0 amide bonds. The highest BCUT2D eigenvalue weighted by Crippen LogP contribution is 2.09. The van der Waals surface area contributed by atoms with Gasteiger partial charge in [-0.1, -0.05) is 72.1 Å². The van der Waals surface area contributed by atoms with Crippen molar-refractivity contribution in [3.05, 3.63) is 0 Å². The third-order valence-corrected chi connectivity index (χ3v) is 4.30. The van der Waals surface area contributed by atoms with E-state index in [1.165, 1.54) is 90.3 Å². The van der Waals surface area contributed by atoms with Crippen LogP contribution in [0.5, 0.6) is 0 Å². The fourth-order valence-corrected chi connectivity index (χ4v) is 2.70. The summed E-state index contributed by atoms with van der Waals surface area (Å²) in [5.74, 6) is 0. The lowest BCUT2D eigenvalue weighted by Gasteiger charge is -2.17. The van der Waals surface area contributed by atoms with E-state index in [1.807, 2.05) is 0 Å². The molecule has 0 atom stereocenters. The molecule has 0 heterocycles. The second kappa shape index (κ2) is 18.0. The summed E-state index contributed by atoms with van der Waals surface area (Å²) in [5.41, 5.74) is 0. The Morgan fingerprint density at radius 2 is 1.05 bits per heavy atom. The summed E-state index contributed by atoms with van der Waals surface area (Å²) in [6.45, 7) is 12.3. The second-order valence-corrected chi connectivity index (χ2v) is 6.17. The van der Waals surface area contributed by atoms with E-state index in [0.29, 0.717) is 0 Å². The predicted molar refractivity (Wildman–Crippen MR) is 95.1 cm³/mol. The third kappa shape index (κ3) is 16.1. The van der Waals surface area contributed by atoms with Crippen molar-refractivity contribution in [2.24, 2.45) is 0 Å². The summed E-state index contributed by atoms with van der Waals surface area (Å²) in [6.07, 6.45) is 15.0. The van der Waals surface area contributed by atoms with Crippen molar-refractivity contribution in [2.75, 3.05) is 32.8 Å². The molecule has 0 aliphatic rings. The highest BCUT2D eigenvalue weighted by atomic mass is 16.5. The highest BCUT2D eigenvalue weighted by Gasteiger charge is 1.98. The van der Waals surface area contributed by atoms with E-state index in [4.69, 9.17) is 4.74 Å². The molecule has 0 saturated carbocycles. The molecule has 0 aliphatic carbocycles. The van der Waals surface area contributed by atoms with Crippen molar-refractivity contribution < 1.29 is 4.74 Å². The maximum Gasteiger partial charge on any atom is 0.0466 e. The van der Waals surface area contributed by atoms with Crippen LogP contribution in [-0.2, 0) is 4.74 Å². The summed E-state index contributed by atoms with van der Waals surface area (Å²) in [4.78, 5) is 2.49. The van der Waals surface area contributed by atoms with E-state index < -0.39 is 0 Å². The first-order valence-electron chi connectivity index (χ1n) is 9.65. The first kappa shape index (κ1) is 20.9. The molecule has 0 aromatic carbocycles. The average molecular weight is 300 g/mol. The van der Waals surface area contributed by atoms with Gasteiger partial charge < -0.3 is 9.64 Å². The van der Waals surface area contributed by atoms with E-state index in [-0.39, 0.29) is 0 Å². The Kier molecular flexibility index (Phi) is 17.9. The van der Waals surface area contributed by atoms with E-state index in [1.54, 1.807) is 0 Å². The zero-order chi connectivity index (χ0) is 15.6. The van der Waals surface area contributed by atoms with Gasteiger partial charge in [0, 0.05) is 13.2 Å². The summed E-state index contributed by atoms with van der Waals surface area (Å²) < 4.78 is 5.72. The van der Waals surface area contributed by atoms with Crippen molar-refractivity contribution in [1.82, 2.24) is 4.90 Å². The topological polar surface area (TPSA) is 12.5 Å². The fraction of sp³-hybridized carbons (Fsp3) is 1.00. The van der Waals surface area contributed by atoms with Crippen LogP contribution in [0.2, 0.25) is 0 Å². The van der Waals surface area contributed by atoms with Crippen molar-refractivity contribution in [3.8, 4) is 0 Å². The summed E-state index contributed by atoms with van der Waals surface area (Å²) in [7, 11) is 0. The quantitative estimate of drug-likeness (QED) is 0.321. The van der Waals surface area contributed by atoms with Crippen LogP contribution in [0.15, 0.2) is 0 Å². The standard InChI is InChI=1S/C19H41NO/c1-4-7-8-9-10-11-12-13-15-18-21-19-16-14-17-20(5-2)6-3/h4-19H2,1-3H3. The van der Waals surface area contributed by atoms with Gasteiger partial charge in [0.05, 0.1) is 0 Å². The molecule has 0 aromatic heterocycles. The van der Waals surface area contributed by atoms with Crippen LogP contribution in [-0.4, -0.2) is 37.7 Å². The monoisotopic (exact) mass is 299 g/mol. The SMILES string of the molecule is CCCCCCCCCCCOCCCCN(CC)CC. The number of nitrogens with zero attached hydrogens (tertiary/aromatic N) is 1. The van der Waals surface area contributed by atoms with Gasteiger partial charge in [0.15, 0.2) is 0 Å². The maximum atomic E-state index is 5.72. The number of hydrogen-bond donors (Lipinski definition) is 0. The van der Waals surface area contributed by atoms with E-state index >= 15 is 0 Å². The second-order valence-electron chi connectivity index (χ2n) is 6.17. The minimum Gasteiger partial charge on any atom is -0.381 e. The van der Waals surface area contributed by atoms with Crippen molar-refractivity contribution in [1.29, 1.82) is 0 Å². The maximum absolute atomic E-state index is 5.72. The number of rotatable bonds is 17. The van der Waals surface area contributed by atoms with Crippen molar-refractivity contribution in [2.45, 2.75) is 91.4 Å². The molecule has 0 bridgehead atoms. The zero-order valence-electron chi connectivity index (χ0n) is 15.2. The molecule has 2 heteroatoms. The van der Waals surface area contributed by atoms with Gasteiger partial charge in [0.25, 0.3) is 0 Å². The fourth-order valence-electron chi connectivity index (χ4n) is 2.70. The average Bonchev–Trinajstić information content (AvgIpc) is 2.51. The van der Waals surface area contributed by atoms with Crippen LogP contribution in [0.4, 0.5) is 0 Å². The van der Waals surface area contributed by atoms with Gasteiger partial charge >= 0.3 is 0 Å². The zero-order valence-corrected chi connectivity index (χ0v) is 15.2. The van der Waals surface area contributed by atoms with Gasteiger partial charge in [-0.3, -0.25) is 0 Å². The Balaban J connectivity index is 3.02. The van der Waals surface area contributed by atoms with E-state index in [0.717, 1.165) is 13.2 Å². The summed E-state index contributed by atoms with van der Waals surface area (Å²) >= 11 is 0. The Morgan fingerprint density at radius 1 is 0.571 bits per heavy atom. The Hall–Kier alpha value is -0.0800. The van der Waals surface area contributed by atoms with Gasteiger partial charge in [-0.05, 0) is 38.9 Å². The smallest absolute Gasteiger partial charge is 0.0466 e. The van der Waals surface area contributed by atoms with Crippen molar-refractivity contribution in [3.63, 3.8) is 0 Å². The molecule has 0 unspecified atom stereocenters. The summed E-state index contributed by atoms with van der Waals surface area (Å²) in [6, 6.07) is 0. The number of ether oxygens (including phenoxy) is 1. The molecule has 0 aliphatic heterocycles. The lowest BCUT2D eigenvalue weighted by Crippen LogP contribution is -2.24. The normalized spacial score (nSPS) is 11.4. The lowest BCUT2D eigenvalue weighted by atomic mass is 10.1.